The van der Waals surface area contributed by atoms with E-state index in [0.717, 1.165) is 29.3 Å². The molecule has 1 N–H and O–H groups in total. The third-order valence-corrected chi connectivity index (χ3v) is 5.39. The van der Waals surface area contributed by atoms with Crippen molar-refractivity contribution in [2.75, 3.05) is 4.90 Å². The molecular weight excluding hydrogens is 360 g/mol. The molecular formula is C20H18F4N2O. The van der Waals surface area contributed by atoms with Gasteiger partial charge >= 0.3 is 0 Å². The maximum atomic E-state index is 13.8. The minimum absolute atomic E-state index is 0.0396. The van der Waals surface area contributed by atoms with Crippen LogP contribution in [-0.4, -0.2) is 18.4 Å². The molecule has 0 aliphatic heterocycles. The normalized spacial score (nSPS) is 23.6. The Morgan fingerprint density at radius 2 is 1.74 bits per heavy atom. The average molecular weight is 378 g/mol. The van der Waals surface area contributed by atoms with Crippen LogP contribution in [0.1, 0.15) is 30.4 Å². The highest BCUT2D eigenvalue weighted by Crippen LogP contribution is 2.45. The van der Waals surface area contributed by atoms with E-state index in [1.165, 1.54) is 4.90 Å². The molecule has 0 aromatic heterocycles. The van der Waals surface area contributed by atoms with Gasteiger partial charge in [0.2, 0.25) is 6.41 Å². The van der Waals surface area contributed by atoms with E-state index in [4.69, 9.17) is 0 Å². The summed E-state index contributed by atoms with van der Waals surface area (Å²) in [5, 5.41) is 3.20. The van der Waals surface area contributed by atoms with Crippen LogP contribution < -0.4 is 10.2 Å². The molecule has 2 aromatic rings. The number of anilines is 1. The summed E-state index contributed by atoms with van der Waals surface area (Å²) in [6, 6.07) is 9.74. The molecule has 142 valence electrons. The maximum absolute atomic E-state index is 13.8. The van der Waals surface area contributed by atoms with Crippen molar-refractivity contribution in [2.24, 2.45) is 0 Å². The Hall–Kier alpha value is -2.41. The van der Waals surface area contributed by atoms with Crippen LogP contribution in [0.5, 0.6) is 0 Å². The summed E-state index contributed by atoms with van der Waals surface area (Å²) in [6.07, 6.45) is 0.877. The SMILES string of the molecule is O=CN(c1cc(F)cc(F)c1)C1(NC2CC(F)(F)C2)CCc2ccccc21. The first-order valence-corrected chi connectivity index (χ1v) is 8.78. The molecule has 7 heteroatoms. The summed E-state index contributed by atoms with van der Waals surface area (Å²) >= 11 is 0. The fraction of sp³-hybridized carbons (Fsp3) is 0.350. The van der Waals surface area contributed by atoms with Crippen LogP contribution in [0.4, 0.5) is 23.2 Å². The Labute approximate surface area is 154 Å². The molecule has 2 aromatic carbocycles. The van der Waals surface area contributed by atoms with Gasteiger partial charge < -0.3 is 0 Å². The molecule has 2 aliphatic carbocycles. The van der Waals surface area contributed by atoms with Gasteiger partial charge in [-0.15, -0.1) is 0 Å². The van der Waals surface area contributed by atoms with Gasteiger partial charge in [0, 0.05) is 24.9 Å². The topological polar surface area (TPSA) is 32.3 Å². The predicted molar refractivity (Wildman–Crippen MR) is 92.4 cm³/mol. The van der Waals surface area contributed by atoms with Crippen molar-refractivity contribution in [3.63, 3.8) is 0 Å². The zero-order valence-corrected chi connectivity index (χ0v) is 14.4. The van der Waals surface area contributed by atoms with Crippen LogP contribution in [0.25, 0.3) is 0 Å². The lowest BCUT2D eigenvalue weighted by atomic mass is 9.85. The molecule has 0 spiro atoms. The molecule has 2 aliphatic rings. The summed E-state index contributed by atoms with van der Waals surface area (Å²) in [6.45, 7) is 0. The zero-order valence-electron chi connectivity index (χ0n) is 14.4. The van der Waals surface area contributed by atoms with E-state index in [-0.39, 0.29) is 18.5 Å². The second-order valence-corrected chi connectivity index (χ2v) is 7.23. The minimum atomic E-state index is -2.73. The number of halogens is 4. The predicted octanol–water partition coefficient (Wildman–Crippen LogP) is 4.11. The lowest BCUT2D eigenvalue weighted by Crippen LogP contribution is -2.62. The third kappa shape index (κ3) is 3.10. The van der Waals surface area contributed by atoms with Gasteiger partial charge in [-0.25, -0.2) is 17.6 Å². The first-order valence-electron chi connectivity index (χ1n) is 8.78. The Morgan fingerprint density at radius 1 is 1.07 bits per heavy atom. The Balaban J connectivity index is 1.79. The molecule has 0 bridgehead atoms. The van der Waals surface area contributed by atoms with E-state index in [1.807, 2.05) is 18.2 Å². The van der Waals surface area contributed by atoms with Crippen molar-refractivity contribution >= 4 is 12.1 Å². The van der Waals surface area contributed by atoms with Crippen molar-refractivity contribution in [2.45, 2.75) is 43.3 Å². The van der Waals surface area contributed by atoms with Crippen molar-refractivity contribution in [3.8, 4) is 0 Å². The summed E-state index contributed by atoms with van der Waals surface area (Å²) in [5.41, 5.74) is 0.648. The van der Waals surface area contributed by atoms with Gasteiger partial charge in [-0.2, -0.15) is 0 Å². The standard InChI is InChI=1S/C20H18F4N2O/c21-14-7-15(22)9-17(8-14)26(12-27)20(25-16-10-19(23,24)11-16)6-5-13-3-1-2-4-18(13)20/h1-4,7-9,12,16,25H,5-6,10-11H2. The van der Waals surface area contributed by atoms with Crippen molar-refractivity contribution in [1.82, 2.24) is 5.32 Å². The second-order valence-electron chi connectivity index (χ2n) is 7.23. The lowest BCUT2D eigenvalue weighted by Gasteiger charge is -2.47. The van der Waals surface area contributed by atoms with E-state index >= 15 is 0 Å². The highest BCUT2D eigenvalue weighted by Gasteiger charge is 2.52. The van der Waals surface area contributed by atoms with Crippen molar-refractivity contribution in [1.29, 1.82) is 0 Å². The Kier molecular flexibility index (Phi) is 4.22. The fourth-order valence-electron chi connectivity index (χ4n) is 4.21. The van der Waals surface area contributed by atoms with Gasteiger partial charge in [0.1, 0.15) is 17.3 Å². The molecule has 27 heavy (non-hydrogen) atoms. The first kappa shape index (κ1) is 18.0. The van der Waals surface area contributed by atoms with Gasteiger partial charge in [-0.05, 0) is 36.1 Å². The number of nitrogens with one attached hydrogen (secondary N) is 1. The van der Waals surface area contributed by atoms with Gasteiger partial charge in [-0.3, -0.25) is 15.0 Å². The highest BCUT2D eigenvalue weighted by atomic mass is 19.3. The Morgan fingerprint density at radius 3 is 2.37 bits per heavy atom. The molecule has 4 rings (SSSR count). The number of carbonyl (C=O) groups excluding carboxylic acids is 1. The number of benzene rings is 2. The summed E-state index contributed by atoms with van der Waals surface area (Å²) in [7, 11) is 0. The maximum Gasteiger partial charge on any atom is 0.251 e. The molecule has 0 saturated heterocycles. The average Bonchev–Trinajstić information content (AvgIpc) is 2.93. The fourth-order valence-corrected chi connectivity index (χ4v) is 4.21. The number of nitrogens with zero attached hydrogens (tertiary/aromatic N) is 1. The van der Waals surface area contributed by atoms with Crippen LogP contribution in [0, 0.1) is 11.6 Å². The van der Waals surface area contributed by atoms with E-state index in [0.29, 0.717) is 19.3 Å². The largest absolute Gasteiger partial charge is 0.292 e. The van der Waals surface area contributed by atoms with Gasteiger partial charge in [-0.1, -0.05) is 24.3 Å². The second kappa shape index (κ2) is 6.34. The summed E-state index contributed by atoms with van der Waals surface area (Å²) < 4.78 is 54.3. The van der Waals surface area contributed by atoms with Crippen LogP contribution in [-0.2, 0) is 16.9 Å². The van der Waals surface area contributed by atoms with Gasteiger partial charge in [0.25, 0.3) is 5.92 Å². The number of fused-ring (bicyclic) bond motifs is 1. The van der Waals surface area contributed by atoms with E-state index < -0.39 is 29.3 Å². The third-order valence-electron chi connectivity index (χ3n) is 5.39. The highest BCUT2D eigenvalue weighted by molar-refractivity contribution is 5.78. The molecule has 3 nitrogen and oxygen atoms in total. The van der Waals surface area contributed by atoms with E-state index in [1.54, 1.807) is 6.07 Å². The molecule has 0 radical (unpaired) electrons. The van der Waals surface area contributed by atoms with Crippen molar-refractivity contribution < 1.29 is 22.4 Å². The molecule has 1 amide bonds. The van der Waals surface area contributed by atoms with Crippen LogP contribution in [0.2, 0.25) is 0 Å². The number of hydrogen-bond acceptors (Lipinski definition) is 2. The monoisotopic (exact) mass is 378 g/mol. The number of carbonyl (C=O) groups is 1. The quantitative estimate of drug-likeness (QED) is 0.482. The number of alkyl halides is 2. The number of amides is 1. The van der Waals surface area contributed by atoms with Crippen molar-refractivity contribution in [3.05, 3.63) is 65.2 Å². The molecule has 1 unspecified atom stereocenters. The van der Waals surface area contributed by atoms with Gasteiger partial charge in [0.15, 0.2) is 0 Å². The van der Waals surface area contributed by atoms with Crippen LogP contribution >= 0.6 is 0 Å². The van der Waals surface area contributed by atoms with Crippen LogP contribution in [0.3, 0.4) is 0 Å². The van der Waals surface area contributed by atoms with Crippen LogP contribution in [0.15, 0.2) is 42.5 Å². The Bertz CT molecular complexity index is 860. The van der Waals surface area contributed by atoms with Gasteiger partial charge in [0.05, 0.1) is 5.69 Å². The lowest BCUT2D eigenvalue weighted by molar-refractivity contribution is -0.111. The smallest absolute Gasteiger partial charge is 0.251 e. The minimum Gasteiger partial charge on any atom is -0.292 e. The van der Waals surface area contributed by atoms with E-state index in [2.05, 4.69) is 5.32 Å². The number of aryl methyl sites for hydroxylation is 1. The summed E-state index contributed by atoms with van der Waals surface area (Å²) in [5.74, 6) is -4.35. The molecule has 1 saturated carbocycles. The first-order chi connectivity index (χ1) is 12.8. The van der Waals surface area contributed by atoms with E-state index in [9.17, 15) is 22.4 Å². The molecule has 0 heterocycles. The summed E-state index contributed by atoms with van der Waals surface area (Å²) in [4.78, 5) is 13.3. The number of rotatable bonds is 5. The molecule has 1 fully saturated rings. The molecule has 1 atom stereocenters. The number of hydrogen-bond donors (Lipinski definition) is 1. The zero-order chi connectivity index (χ0) is 19.2.